The maximum Gasteiger partial charge on any atom is 0.343 e. The first-order valence-corrected chi connectivity index (χ1v) is 7.76. The van der Waals surface area contributed by atoms with Crippen molar-refractivity contribution in [3.8, 4) is 5.75 Å². The lowest BCUT2D eigenvalue weighted by atomic mass is 10.1. The highest BCUT2D eigenvalue weighted by atomic mass is 35.5. The van der Waals surface area contributed by atoms with Crippen LogP contribution >= 0.6 is 11.6 Å². The van der Waals surface area contributed by atoms with Gasteiger partial charge in [0.1, 0.15) is 5.75 Å². The Bertz CT molecular complexity index is 788. The van der Waals surface area contributed by atoms with Crippen LogP contribution in [-0.2, 0) is 9.53 Å². The molecule has 7 heteroatoms. The molecule has 0 bridgehead atoms. The van der Waals surface area contributed by atoms with Gasteiger partial charge < -0.3 is 9.47 Å². The first-order valence-electron chi connectivity index (χ1n) is 7.39. The van der Waals surface area contributed by atoms with Crippen LogP contribution in [0.3, 0.4) is 0 Å². The van der Waals surface area contributed by atoms with Crippen LogP contribution in [-0.4, -0.2) is 31.8 Å². The van der Waals surface area contributed by atoms with Crippen molar-refractivity contribution >= 4 is 29.7 Å². The molecule has 2 aromatic carbocycles. The van der Waals surface area contributed by atoms with Crippen LogP contribution in [0.2, 0.25) is 5.02 Å². The fraction of sp³-hybridized carbons (Fsp3) is 0.167. The molecule has 0 aliphatic rings. The van der Waals surface area contributed by atoms with Gasteiger partial charge in [-0.3, -0.25) is 4.79 Å². The summed E-state index contributed by atoms with van der Waals surface area (Å²) >= 11 is 6.00. The number of rotatable bonds is 6. The third kappa shape index (κ3) is 5.61. The summed E-state index contributed by atoms with van der Waals surface area (Å²) in [5, 5.41) is 4.43. The largest absolute Gasteiger partial charge is 0.482 e. The molecular formula is C18H17ClN2O4. The van der Waals surface area contributed by atoms with Crippen molar-refractivity contribution in [2.45, 2.75) is 6.92 Å². The van der Waals surface area contributed by atoms with Gasteiger partial charge in [-0.05, 0) is 54.4 Å². The number of nitrogens with one attached hydrogen (secondary N) is 1. The fourth-order valence-corrected chi connectivity index (χ4v) is 2.00. The molecule has 1 N–H and O–H groups in total. The van der Waals surface area contributed by atoms with E-state index in [2.05, 4.69) is 15.3 Å². The van der Waals surface area contributed by atoms with Gasteiger partial charge in [0.05, 0.1) is 13.3 Å². The molecule has 0 saturated heterocycles. The summed E-state index contributed by atoms with van der Waals surface area (Å²) in [6, 6.07) is 11.9. The summed E-state index contributed by atoms with van der Waals surface area (Å²) < 4.78 is 9.72. The highest BCUT2D eigenvalue weighted by Crippen LogP contribution is 2.16. The van der Waals surface area contributed by atoms with Gasteiger partial charge in [0.2, 0.25) is 0 Å². The monoisotopic (exact) mass is 360 g/mol. The number of carbonyl (C=O) groups is 2. The fourth-order valence-electron chi connectivity index (χ4n) is 1.82. The lowest BCUT2D eigenvalue weighted by Gasteiger charge is -2.04. The molecule has 2 aromatic rings. The van der Waals surface area contributed by atoms with Crippen molar-refractivity contribution in [3.05, 3.63) is 64.2 Å². The number of aryl methyl sites for hydroxylation is 1. The minimum absolute atomic E-state index is 0.154. The number of ether oxygens (including phenoxy) is 2. The summed E-state index contributed by atoms with van der Waals surface area (Å²) in [5.74, 6) is -0.276. The third-order valence-corrected chi connectivity index (χ3v) is 3.69. The summed E-state index contributed by atoms with van der Waals surface area (Å²) in [7, 11) is 1.30. The van der Waals surface area contributed by atoms with E-state index >= 15 is 0 Å². The zero-order chi connectivity index (χ0) is 18.2. The van der Waals surface area contributed by atoms with Crippen LogP contribution in [0.5, 0.6) is 5.75 Å². The van der Waals surface area contributed by atoms with E-state index in [1.807, 2.05) is 6.92 Å². The molecule has 0 atom stereocenters. The van der Waals surface area contributed by atoms with Gasteiger partial charge in [0.15, 0.2) is 6.61 Å². The summed E-state index contributed by atoms with van der Waals surface area (Å²) in [5.41, 5.74) is 4.52. The van der Waals surface area contributed by atoms with Crippen LogP contribution in [0.4, 0.5) is 0 Å². The van der Waals surface area contributed by atoms with Gasteiger partial charge in [-0.15, -0.1) is 0 Å². The molecule has 2 rings (SSSR count). The second-order valence-corrected chi connectivity index (χ2v) is 5.50. The summed E-state index contributed by atoms with van der Waals surface area (Å²) in [4.78, 5) is 23.0. The molecular weight excluding hydrogens is 344 g/mol. The predicted molar refractivity (Wildman–Crippen MR) is 95.2 cm³/mol. The molecule has 0 saturated carbocycles. The smallest absolute Gasteiger partial charge is 0.343 e. The van der Waals surface area contributed by atoms with Crippen molar-refractivity contribution in [2.24, 2.45) is 5.10 Å². The number of amides is 1. The number of halogens is 1. The van der Waals surface area contributed by atoms with Crippen molar-refractivity contribution in [2.75, 3.05) is 13.7 Å². The number of carbonyl (C=O) groups excluding carboxylic acids is 2. The number of hydrazone groups is 1. The predicted octanol–water partition coefficient (Wildman–Crippen LogP) is 2.96. The molecule has 0 aromatic heterocycles. The average Bonchev–Trinajstić information content (AvgIpc) is 2.62. The van der Waals surface area contributed by atoms with E-state index < -0.39 is 5.97 Å². The molecule has 0 spiro atoms. The Kier molecular flexibility index (Phi) is 6.54. The number of esters is 1. The van der Waals surface area contributed by atoms with Crippen molar-refractivity contribution < 1.29 is 19.1 Å². The van der Waals surface area contributed by atoms with Gasteiger partial charge in [-0.2, -0.15) is 5.10 Å². The Labute approximate surface area is 150 Å². The Morgan fingerprint density at radius 1 is 1.20 bits per heavy atom. The Balaban J connectivity index is 1.89. The first-order chi connectivity index (χ1) is 12.0. The molecule has 0 fully saturated rings. The molecule has 0 aliphatic heterocycles. The summed E-state index contributed by atoms with van der Waals surface area (Å²) in [6.45, 7) is 1.71. The number of methoxy groups -OCH3 is 1. The van der Waals surface area contributed by atoms with Gasteiger partial charge in [-0.1, -0.05) is 17.7 Å². The first kappa shape index (κ1) is 18.5. The molecule has 0 heterocycles. The second kappa shape index (κ2) is 8.84. The van der Waals surface area contributed by atoms with E-state index in [1.54, 1.807) is 42.5 Å². The maximum absolute atomic E-state index is 12.0. The highest BCUT2D eigenvalue weighted by Gasteiger charge is 2.06. The molecule has 0 radical (unpaired) electrons. The van der Waals surface area contributed by atoms with Crippen LogP contribution in [0, 0.1) is 6.92 Å². The van der Waals surface area contributed by atoms with E-state index in [0.29, 0.717) is 16.3 Å². The Morgan fingerprint density at radius 2 is 1.92 bits per heavy atom. The van der Waals surface area contributed by atoms with Gasteiger partial charge >= 0.3 is 5.97 Å². The zero-order valence-electron chi connectivity index (χ0n) is 13.8. The lowest BCUT2D eigenvalue weighted by Crippen LogP contribution is -2.17. The second-order valence-electron chi connectivity index (χ2n) is 5.10. The molecule has 6 nitrogen and oxygen atoms in total. The number of hydrogen-bond acceptors (Lipinski definition) is 5. The van der Waals surface area contributed by atoms with E-state index in [1.165, 1.54) is 13.3 Å². The van der Waals surface area contributed by atoms with Crippen molar-refractivity contribution in [1.29, 1.82) is 0 Å². The number of hydrogen-bond donors (Lipinski definition) is 1. The van der Waals surface area contributed by atoms with Crippen LogP contribution < -0.4 is 10.2 Å². The van der Waals surface area contributed by atoms with Crippen molar-refractivity contribution in [3.63, 3.8) is 0 Å². The molecule has 130 valence electrons. The van der Waals surface area contributed by atoms with Gasteiger partial charge in [-0.25, -0.2) is 10.2 Å². The zero-order valence-corrected chi connectivity index (χ0v) is 14.5. The van der Waals surface area contributed by atoms with Crippen LogP contribution in [0.1, 0.15) is 21.5 Å². The number of benzene rings is 2. The SMILES string of the molecule is COC(=O)COc1ccc(/C=N\NC(=O)c2ccc(C)c(Cl)c2)cc1. The van der Waals surface area contributed by atoms with E-state index in [9.17, 15) is 9.59 Å². The minimum atomic E-state index is -0.454. The minimum Gasteiger partial charge on any atom is -0.482 e. The maximum atomic E-state index is 12.0. The van der Waals surface area contributed by atoms with Crippen LogP contribution in [0.15, 0.2) is 47.6 Å². The topological polar surface area (TPSA) is 77.0 Å². The molecule has 25 heavy (non-hydrogen) atoms. The molecule has 1 amide bonds. The van der Waals surface area contributed by atoms with E-state index in [4.69, 9.17) is 16.3 Å². The Morgan fingerprint density at radius 3 is 2.56 bits per heavy atom. The average molecular weight is 361 g/mol. The van der Waals surface area contributed by atoms with Crippen molar-refractivity contribution in [1.82, 2.24) is 5.43 Å². The van der Waals surface area contributed by atoms with Gasteiger partial charge in [0.25, 0.3) is 5.91 Å². The van der Waals surface area contributed by atoms with Gasteiger partial charge in [0, 0.05) is 10.6 Å². The quantitative estimate of drug-likeness (QED) is 0.488. The van der Waals surface area contributed by atoms with E-state index in [0.717, 1.165) is 11.1 Å². The molecule has 0 aliphatic carbocycles. The number of nitrogens with zero attached hydrogens (tertiary/aromatic N) is 1. The Hall–Kier alpha value is -2.86. The third-order valence-electron chi connectivity index (χ3n) is 3.28. The normalized spacial score (nSPS) is 10.5. The lowest BCUT2D eigenvalue weighted by molar-refractivity contribution is -0.142. The summed E-state index contributed by atoms with van der Waals surface area (Å²) in [6.07, 6.45) is 1.50. The molecule has 0 unspecified atom stereocenters. The van der Waals surface area contributed by atoms with Crippen LogP contribution in [0.25, 0.3) is 0 Å². The van der Waals surface area contributed by atoms with E-state index in [-0.39, 0.29) is 12.5 Å². The highest BCUT2D eigenvalue weighted by molar-refractivity contribution is 6.31. The standard InChI is InChI=1S/C18H17ClN2O4/c1-12-3-6-14(9-16(12)19)18(23)21-20-10-13-4-7-15(8-5-13)25-11-17(22)24-2/h3-10H,11H2,1-2H3,(H,21,23)/b20-10-.